The largest absolute Gasteiger partial charge is 0.258 e. The quantitative estimate of drug-likeness (QED) is 0.630. The van der Waals surface area contributed by atoms with E-state index in [0.717, 1.165) is 28.4 Å². The molecule has 1 aromatic rings. The molecule has 11 heavy (non-hydrogen) atoms. The summed E-state index contributed by atoms with van der Waals surface area (Å²) in [5.74, 6) is 0. The highest BCUT2D eigenvalue weighted by atomic mass is 35.5. The van der Waals surface area contributed by atoms with E-state index in [9.17, 15) is 0 Å². The third kappa shape index (κ3) is 1.72. The Morgan fingerprint density at radius 3 is 2.55 bits per heavy atom. The zero-order chi connectivity index (χ0) is 8.43. The predicted molar refractivity (Wildman–Crippen MR) is 48.1 cm³/mol. The van der Waals surface area contributed by atoms with Crippen molar-refractivity contribution < 1.29 is 0 Å². The normalized spacial score (nSPS) is 10.2. The standard InChI is InChI=1S/C9H12ClN/c1-4-8-7(3)11-6(2)5-9(8)10/h5H,4H2,1-3H3. The first-order valence-corrected chi connectivity index (χ1v) is 4.15. The third-order valence-corrected chi connectivity index (χ3v) is 2.10. The van der Waals surface area contributed by atoms with Crippen molar-refractivity contribution in [1.29, 1.82) is 0 Å². The van der Waals surface area contributed by atoms with Crippen LogP contribution >= 0.6 is 11.6 Å². The van der Waals surface area contributed by atoms with E-state index in [1.807, 2.05) is 19.9 Å². The number of halogens is 1. The fourth-order valence-corrected chi connectivity index (χ4v) is 1.66. The van der Waals surface area contributed by atoms with Crippen molar-refractivity contribution in [3.05, 3.63) is 28.0 Å². The molecule has 0 aliphatic carbocycles. The van der Waals surface area contributed by atoms with Gasteiger partial charge in [0.15, 0.2) is 0 Å². The minimum atomic E-state index is 0.845. The van der Waals surface area contributed by atoms with Gasteiger partial charge < -0.3 is 0 Å². The van der Waals surface area contributed by atoms with E-state index in [1.165, 1.54) is 0 Å². The van der Waals surface area contributed by atoms with E-state index in [2.05, 4.69) is 11.9 Å². The molecular formula is C9H12ClN. The maximum Gasteiger partial charge on any atom is 0.0473 e. The highest BCUT2D eigenvalue weighted by Gasteiger charge is 2.03. The minimum absolute atomic E-state index is 0.845. The molecule has 0 saturated carbocycles. The average Bonchev–Trinajstić information content (AvgIpc) is 1.85. The summed E-state index contributed by atoms with van der Waals surface area (Å²) in [7, 11) is 0. The van der Waals surface area contributed by atoms with Crippen LogP contribution < -0.4 is 0 Å². The van der Waals surface area contributed by atoms with E-state index in [4.69, 9.17) is 11.6 Å². The Balaban J connectivity index is 3.25. The maximum atomic E-state index is 5.99. The van der Waals surface area contributed by atoms with Crippen LogP contribution in [-0.2, 0) is 6.42 Å². The van der Waals surface area contributed by atoms with Gasteiger partial charge in [-0.25, -0.2) is 0 Å². The summed E-state index contributed by atoms with van der Waals surface area (Å²) in [4.78, 5) is 4.32. The summed E-state index contributed by atoms with van der Waals surface area (Å²) in [6, 6.07) is 1.91. The molecule has 0 aliphatic heterocycles. The second kappa shape index (κ2) is 3.22. The van der Waals surface area contributed by atoms with Crippen LogP contribution in [0.1, 0.15) is 23.9 Å². The molecule has 1 rings (SSSR count). The van der Waals surface area contributed by atoms with Gasteiger partial charge in [0, 0.05) is 16.4 Å². The topological polar surface area (TPSA) is 12.9 Å². The minimum Gasteiger partial charge on any atom is -0.258 e. The van der Waals surface area contributed by atoms with Crippen LogP contribution in [0.5, 0.6) is 0 Å². The van der Waals surface area contributed by atoms with Gasteiger partial charge in [-0.2, -0.15) is 0 Å². The molecule has 2 heteroatoms. The molecule has 0 amide bonds. The SMILES string of the molecule is CCc1c(Cl)cc(C)nc1C. The van der Waals surface area contributed by atoms with Gasteiger partial charge in [-0.05, 0) is 31.9 Å². The average molecular weight is 170 g/mol. The van der Waals surface area contributed by atoms with Gasteiger partial charge in [0.1, 0.15) is 0 Å². The Morgan fingerprint density at radius 1 is 1.45 bits per heavy atom. The fraction of sp³-hybridized carbons (Fsp3) is 0.444. The third-order valence-electron chi connectivity index (χ3n) is 1.76. The Bertz CT molecular complexity index is 245. The van der Waals surface area contributed by atoms with Gasteiger partial charge in [-0.1, -0.05) is 18.5 Å². The van der Waals surface area contributed by atoms with E-state index < -0.39 is 0 Å². The van der Waals surface area contributed by atoms with Crippen LogP contribution in [0.3, 0.4) is 0 Å². The molecule has 60 valence electrons. The lowest BCUT2D eigenvalue weighted by molar-refractivity contribution is 1.02. The van der Waals surface area contributed by atoms with Gasteiger partial charge in [-0.15, -0.1) is 0 Å². The second-order valence-electron chi connectivity index (χ2n) is 2.66. The lowest BCUT2D eigenvalue weighted by Crippen LogP contribution is -1.94. The molecule has 1 aromatic heterocycles. The maximum absolute atomic E-state index is 5.99. The summed E-state index contributed by atoms with van der Waals surface area (Å²) < 4.78 is 0. The van der Waals surface area contributed by atoms with E-state index >= 15 is 0 Å². The van der Waals surface area contributed by atoms with Crippen LogP contribution in [0, 0.1) is 13.8 Å². The number of aryl methyl sites for hydroxylation is 2. The summed E-state index contributed by atoms with van der Waals surface area (Å²) in [5.41, 5.74) is 3.21. The molecule has 0 atom stereocenters. The van der Waals surface area contributed by atoms with Crippen LogP contribution in [0.25, 0.3) is 0 Å². The number of rotatable bonds is 1. The molecular weight excluding hydrogens is 158 g/mol. The molecule has 0 aromatic carbocycles. The number of nitrogens with zero attached hydrogens (tertiary/aromatic N) is 1. The van der Waals surface area contributed by atoms with Crippen molar-refractivity contribution in [2.45, 2.75) is 27.2 Å². The lowest BCUT2D eigenvalue weighted by Gasteiger charge is -2.05. The van der Waals surface area contributed by atoms with Crippen LogP contribution in [0.4, 0.5) is 0 Å². The molecule has 0 aliphatic rings. The van der Waals surface area contributed by atoms with Crippen molar-refractivity contribution >= 4 is 11.6 Å². The Labute approximate surface area is 72.4 Å². The molecule has 0 unspecified atom stereocenters. The number of hydrogen-bond acceptors (Lipinski definition) is 1. The number of pyridine rings is 1. The molecule has 0 bridgehead atoms. The predicted octanol–water partition coefficient (Wildman–Crippen LogP) is 2.91. The summed E-state index contributed by atoms with van der Waals surface area (Å²) in [5, 5.41) is 0.845. The molecule has 1 nitrogen and oxygen atoms in total. The summed E-state index contributed by atoms with van der Waals surface area (Å²) >= 11 is 5.99. The van der Waals surface area contributed by atoms with Gasteiger partial charge in [0.05, 0.1) is 0 Å². The smallest absolute Gasteiger partial charge is 0.0473 e. The zero-order valence-electron chi connectivity index (χ0n) is 7.11. The molecule has 1 heterocycles. The van der Waals surface area contributed by atoms with Gasteiger partial charge in [0.2, 0.25) is 0 Å². The molecule has 0 saturated heterocycles. The fourth-order valence-electron chi connectivity index (χ4n) is 1.23. The highest BCUT2D eigenvalue weighted by molar-refractivity contribution is 6.31. The Morgan fingerprint density at radius 2 is 2.09 bits per heavy atom. The van der Waals surface area contributed by atoms with E-state index in [1.54, 1.807) is 0 Å². The summed E-state index contributed by atoms with van der Waals surface area (Å²) in [6.07, 6.45) is 0.956. The van der Waals surface area contributed by atoms with E-state index in [-0.39, 0.29) is 0 Å². The van der Waals surface area contributed by atoms with Crippen LogP contribution in [-0.4, -0.2) is 4.98 Å². The van der Waals surface area contributed by atoms with Crippen molar-refractivity contribution in [2.75, 3.05) is 0 Å². The summed E-state index contributed by atoms with van der Waals surface area (Å²) in [6.45, 7) is 6.04. The van der Waals surface area contributed by atoms with Gasteiger partial charge in [0.25, 0.3) is 0 Å². The monoisotopic (exact) mass is 169 g/mol. The Hall–Kier alpha value is -0.560. The van der Waals surface area contributed by atoms with Crippen molar-refractivity contribution in [3.8, 4) is 0 Å². The van der Waals surface area contributed by atoms with Crippen molar-refractivity contribution in [2.24, 2.45) is 0 Å². The van der Waals surface area contributed by atoms with Crippen molar-refractivity contribution in [3.63, 3.8) is 0 Å². The highest BCUT2D eigenvalue weighted by Crippen LogP contribution is 2.19. The first-order valence-electron chi connectivity index (χ1n) is 3.77. The van der Waals surface area contributed by atoms with Crippen LogP contribution in [0.2, 0.25) is 5.02 Å². The molecule has 0 spiro atoms. The van der Waals surface area contributed by atoms with Crippen molar-refractivity contribution in [1.82, 2.24) is 4.98 Å². The zero-order valence-corrected chi connectivity index (χ0v) is 7.87. The first kappa shape index (κ1) is 8.54. The van der Waals surface area contributed by atoms with Gasteiger partial charge >= 0.3 is 0 Å². The second-order valence-corrected chi connectivity index (χ2v) is 3.07. The number of aromatic nitrogens is 1. The first-order chi connectivity index (χ1) is 5.15. The molecule has 0 radical (unpaired) electrons. The van der Waals surface area contributed by atoms with Crippen LogP contribution in [0.15, 0.2) is 6.07 Å². The molecule has 0 fully saturated rings. The van der Waals surface area contributed by atoms with Gasteiger partial charge in [-0.3, -0.25) is 4.98 Å². The van der Waals surface area contributed by atoms with E-state index in [0.29, 0.717) is 0 Å². The lowest BCUT2D eigenvalue weighted by atomic mass is 10.1. The number of hydrogen-bond donors (Lipinski definition) is 0. The Kier molecular flexibility index (Phi) is 2.50. The molecule has 0 N–H and O–H groups in total.